The van der Waals surface area contributed by atoms with Crippen LogP contribution >= 0.6 is 11.8 Å². The molecule has 23 heteroatoms. The van der Waals surface area contributed by atoms with Crippen LogP contribution in [0.25, 0.3) is 0 Å². The number of benzene rings is 2. The Morgan fingerprint density at radius 2 is 1.72 bits per heavy atom. The van der Waals surface area contributed by atoms with E-state index in [0.717, 1.165) is 16.7 Å². The molecule has 0 radical (unpaired) electrons. The van der Waals surface area contributed by atoms with Crippen molar-refractivity contribution in [2.75, 3.05) is 26.1 Å². The fourth-order valence-electron chi connectivity index (χ4n) is 8.64. The number of aliphatic carboxylic acids is 2. The first-order valence-corrected chi connectivity index (χ1v) is 20.9. The van der Waals surface area contributed by atoms with Gasteiger partial charge in [0.2, 0.25) is 11.7 Å². The zero-order valence-electron chi connectivity index (χ0n) is 34.0. The first-order valence-electron chi connectivity index (χ1n) is 19.9. The molecular formula is C41H43N3O19S. The summed E-state index contributed by atoms with van der Waals surface area (Å²) in [6, 6.07) is 1.93. The minimum Gasteiger partial charge on any atom is -0.507 e. The molecule has 4 unspecified atom stereocenters. The molecule has 2 aromatic rings. The average molecular weight is 914 g/mol. The number of carboxylic acid groups (broad SMARTS) is 2. The summed E-state index contributed by atoms with van der Waals surface area (Å²) in [5.74, 6) is -8.41. The molecule has 0 spiro atoms. The molecule has 2 aromatic carbocycles. The van der Waals surface area contributed by atoms with Crippen LogP contribution in [-0.4, -0.2) is 155 Å². The van der Waals surface area contributed by atoms with Gasteiger partial charge in [-0.1, -0.05) is 12.1 Å². The molecule has 7 rings (SSSR count). The number of ketones is 3. The van der Waals surface area contributed by atoms with Crippen LogP contribution in [0.5, 0.6) is 17.2 Å². The van der Waals surface area contributed by atoms with Crippen LogP contribution in [0.2, 0.25) is 0 Å². The summed E-state index contributed by atoms with van der Waals surface area (Å²) in [7, 11) is 1.27. The van der Waals surface area contributed by atoms with Gasteiger partial charge in [-0.2, -0.15) is 0 Å². The van der Waals surface area contributed by atoms with E-state index in [1.807, 2.05) is 0 Å². The second-order valence-corrected chi connectivity index (χ2v) is 16.9. The lowest BCUT2D eigenvalue weighted by Gasteiger charge is -2.49. The lowest BCUT2D eigenvalue weighted by Crippen LogP contribution is -2.70. The molecule has 0 bridgehead atoms. The topological polar surface area (TPSA) is 342 Å². The van der Waals surface area contributed by atoms with Gasteiger partial charge in [0, 0.05) is 60.1 Å². The number of Topliss-reactive ketones (excluding diaryl/α,β-unsaturated/α-hetero) is 1. The fraction of sp³-hybridized carbons (Fsp3) is 0.463. The maximum absolute atomic E-state index is 14.0. The first kappa shape index (κ1) is 45.9. The van der Waals surface area contributed by atoms with Crippen LogP contribution in [0.3, 0.4) is 0 Å². The molecule has 9 N–H and O–H groups in total. The molecule has 3 amide bonds. The molecule has 0 aromatic heterocycles. The number of carboxylic acids is 2. The van der Waals surface area contributed by atoms with Gasteiger partial charge >= 0.3 is 18.0 Å². The predicted molar refractivity (Wildman–Crippen MR) is 213 cm³/mol. The van der Waals surface area contributed by atoms with E-state index in [1.165, 1.54) is 32.2 Å². The zero-order chi connectivity index (χ0) is 46.5. The Bertz CT molecular complexity index is 2400. The van der Waals surface area contributed by atoms with Crippen LogP contribution in [0.15, 0.2) is 29.5 Å². The number of hydrogen-bond donors (Lipinski definition) is 9. The van der Waals surface area contributed by atoms with Crippen molar-refractivity contribution in [3.05, 3.63) is 62.8 Å². The highest BCUT2D eigenvalue weighted by Gasteiger charge is 2.55. The second-order valence-electron chi connectivity index (χ2n) is 15.8. The number of β-lactam (4-membered cyclic amide) rings is 1. The highest BCUT2D eigenvalue weighted by molar-refractivity contribution is 8.00. The number of methoxy groups -OCH3 is 1. The quantitative estimate of drug-likeness (QED) is 0.0744. The van der Waals surface area contributed by atoms with E-state index in [-0.39, 0.29) is 65.0 Å². The number of ether oxygens (including phenoxy) is 4. The van der Waals surface area contributed by atoms with Crippen LogP contribution in [0, 0.1) is 0 Å². The molecule has 3 aliphatic heterocycles. The van der Waals surface area contributed by atoms with Gasteiger partial charge in [0.1, 0.15) is 59.3 Å². The molecule has 2 fully saturated rings. The summed E-state index contributed by atoms with van der Waals surface area (Å²) in [6.45, 7) is -0.337. The van der Waals surface area contributed by atoms with Gasteiger partial charge in [-0.05, 0) is 19.4 Å². The van der Waals surface area contributed by atoms with Crippen molar-refractivity contribution in [2.45, 2.75) is 93.1 Å². The third-order valence-corrected chi connectivity index (χ3v) is 13.1. The number of aromatic hydroxyl groups is 2. The van der Waals surface area contributed by atoms with Crippen LogP contribution in [0.4, 0.5) is 4.79 Å². The monoisotopic (exact) mass is 913 g/mol. The molecule has 3 heterocycles. The summed E-state index contributed by atoms with van der Waals surface area (Å²) < 4.78 is 22.7. The molecule has 2 saturated heterocycles. The van der Waals surface area contributed by atoms with E-state index in [0.29, 0.717) is 0 Å². The van der Waals surface area contributed by atoms with Crippen molar-refractivity contribution in [1.82, 2.24) is 15.5 Å². The fourth-order valence-corrected chi connectivity index (χ4v) is 9.97. The molecule has 2 aliphatic carbocycles. The number of hydrogen-bond acceptors (Lipinski definition) is 18. The van der Waals surface area contributed by atoms with Gasteiger partial charge in [-0.3, -0.25) is 33.7 Å². The number of alkyl carbamates (subject to hydrolysis) is 1. The van der Waals surface area contributed by atoms with E-state index >= 15 is 0 Å². The molecule has 5 aliphatic rings. The number of rotatable bonds is 14. The number of aliphatic hydroxyl groups excluding tert-OH is 2. The number of carbonyl (C=O) groups is 8. The minimum absolute atomic E-state index is 0.00903. The lowest BCUT2D eigenvalue weighted by atomic mass is 9.72. The summed E-state index contributed by atoms with van der Waals surface area (Å²) in [6.07, 6.45) is -8.75. The average Bonchev–Trinajstić information content (AvgIpc) is 3.25. The Labute approximate surface area is 366 Å². The third kappa shape index (κ3) is 8.13. The molecule has 64 heavy (non-hydrogen) atoms. The Hall–Kier alpha value is -6.11. The van der Waals surface area contributed by atoms with E-state index in [2.05, 4.69) is 10.6 Å². The summed E-state index contributed by atoms with van der Waals surface area (Å²) in [5.41, 5.74) is -4.98. The Morgan fingerprint density at radius 3 is 2.39 bits per heavy atom. The molecule has 0 saturated carbocycles. The number of nitrogens with one attached hydrogen (secondary N) is 2. The van der Waals surface area contributed by atoms with Gasteiger partial charge in [-0.25, -0.2) is 9.59 Å². The number of thioether (sulfide) groups is 1. The third-order valence-electron chi connectivity index (χ3n) is 11.8. The highest BCUT2D eigenvalue weighted by atomic mass is 32.2. The van der Waals surface area contributed by atoms with E-state index in [1.54, 1.807) is 0 Å². The molecular weight excluding hydrogens is 871 g/mol. The highest BCUT2D eigenvalue weighted by Crippen LogP contribution is 2.52. The Morgan fingerprint density at radius 1 is 1.00 bits per heavy atom. The number of amides is 3. The Kier molecular flexibility index (Phi) is 12.8. The standard InChI is InChI=1S/C41H43N3O19S/c1-15-32(50)19(42-40(58)61-13-16-14-64-38-30(37(55)44(38)31(16)39(56)57)43-23(47)7-4-8-24(48)49)9-25(62-15)63-21-11-41(59,22(46)12-45)10-18-27(21)36(54)29-28(34(18)52)33(51)17-5-3-6-20(60-2)26(17)35(29)53/h3,5-6,15,19,21,25,30,32,38,45,50,52,54,59H,4,7-14H2,1-2H3,(H,42,58)(H,43,47)(H,48,49)(H,56,57)/t15?,19?,21-,25?,30+,32?,38+,41-/m0/s1. The summed E-state index contributed by atoms with van der Waals surface area (Å²) >= 11 is 1.10. The molecule has 342 valence electrons. The van der Waals surface area contributed by atoms with E-state index in [9.17, 15) is 69.0 Å². The SMILES string of the molecule is COc1cccc2c1C(=O)c1c(O)c3c(c(O)c1C2=O)C[C@@](O)(C(=O)CO)C[C@@H]3OC1CC(NC(=O)OCC2=C(C(=O)O)N3C(=O)[C@@H](NC(=O)CCCC(=O)O)[C@H]3SC2)C(O)C(C)O1. The number of nitrogens with zero attached hydrogens (tertiary/aromatic N) is 1. The summed E-state index contributed by atoms with van der Waals surface area (Å²) in [4.78, 5) is 103. The smallest absolute Gasteiger partial charge is 0.407 e. The van der Waals surface area contributed by atoms with E-state index in [4.69, 9.17) is 24.1 Å². The first-order chi connectivity index (χ1) is 30.3. The number of carbonyl (C=O) groups excluding carboxylic acids is 6. The van der Waals surface area contributed by atoms with Crippen molar-refractivity contribution in [1.29, 1.82) is 0 Å². The maximum Gasteiger partial charge on any atom is 0.407 e. The van der Waals surface area contributed by atoms with Crippen LogP contribution in [0.1, 0.15) is 88.1 Å². The number of aliphatic hydroxyl groups is 3. The number of fused-ring (bicyclic) bond motifs is 4. The van der Waals surface area contributed by atoms with Crippen LogP contribution < -0.4 is 15.4 Å². The van der Waals surface area contributed by atoms with Gasteiger partial charge in [0.15, 0.2) is 17.9 Å². The molecule has 22 nitrogen and oxygen atoms in total. The van der Waals surface area contributed by atoms with Crippen molar-refractivity contribution in [2.24, 2.45) is 0 Å². The lowest BCUT2D eigenvalue weighted by molar-refractivity contribution is -0.249. The maximum atomic E-state index is 14.0. The van der Waals surface area contributed by atoms with Crippen LogP contribution in [-0.2, 0) is 44.6 Å². The van der Waals surface area contributed by atoms with Crippen molar-refractivity contribution >= 4 is 59.0 Å². The zero-order valence-corrected chi connectivity index (χ0v) is 34.8. The summed E-state index contributed by atoms with van der Waals surface area (Å²) in [5, 5.41) is 78.8. The van der Waals surface area contributed by atoms with Crippen molar-refractivity contribution < 1.29 is 93.0 Å². The second kappa shape index (κ2) is 17.8. The van der Waals surface area contributed by atoms with Gasteiger partial charge in [-0.15, -0.1) is 11.8 Å². The van der Waals surface area contributed by atoms with Gasteiger partial charge < -0.3 is 65.3 Å². The number of phenolic OH excluding ortho intramolecular Hbond substituents is 2. The minimum atomic E-state index is -2.44. The van der Waals surface area contributed by atoms with Gasteiger partial charge in [0.25, 0.3) is 5.91 Å². The predicted octanol–water partition coefficient (Wildman–Crippen LogP) is -0.238. The van der Waals surface area contributed by atoms with Crippen molar-refractivity contribution in [3.8, 4) is 17.2 Å². The van der Waals surface area contributed by atoms with Crippen molar-refractivity contribution in [3.63, 3.8) is 0 Å². The number of phenols is 2. The largest absolute Gasteiger partial charge is 0.507 e. The molecule has 8 atom stereocenters. The van der Waals surface area contributed by atoms with Gasteiger partial charge in [0.05, 0.1) is 42.0 Å². The normalized spacial score (nSPS) is 27.0. The Balaban J connectivity index is 1.08. The van der Waals surface area contributed by atoms with E-state index < -0.39 is 149 Å².